The fraction of sp³-hybridized carbons (Fsp3) is 0.692. The van der Waals surface area contributed by atoms with Crippen LogP contribution in [0, 0.1) is 0 Å². The number of aromatic nitrogens is 2. The summed E-state index contributed by atoms with van der Waals surface area (Å²) in [5.41, 5.74) is 0.365. The molecule has 0 saturated heterocycles. The molecule has 0 unspecified atom stereocenters. The highest BCUT2D eigenvalue weighted by atomic mass is 35.5. The van der Waals surface area contributed by atoms with Gasteiger partial charge in [0.15, 0.2) is 5.82 Å². The van der Waals surface area contributed by atoms with Gasteiger partial charge in [0.05, 0.1) is 5.69 Å². The fourth-order valence-corrected chi connectivity index (χ4v) is 1.68. The molecule has 1 rings (SSSR count). The lowest BCUT2D eigenvalue weighted by molar-refractivity contribution is -0.0210. The molecule has 0 aliphatic carbocycles. The number of ether oxygens (including phenoxy) is 1. The minimum atomic E-state index is -0.514. The van der Waals surface area contributed by atoms with E-state index in [9.17, 15) is 0 Å². The van der Waals surface area contributed by atoms with Gasteiger partial charge in [0.25, 0.3) is 0 Å². The van der Waals surface area contributed by atoms with Gasteiger partial charge in [0.1, 0.15) is 10.8 Å². The van der Waals surface area contributed by atoms with Gasteiger partial charge in [-0.3, -0.25) is 0 Å². The molecule has 1 heterocycles. The van der Waals surface area contributed by atoms with Gasteiger partial charge < -0.3 is 4.74 Å². The quantitative estimate of drug-likeness (QED) is 0.774. The van der Waals surface area contributed by atoms with E-state index in [4.69, 9.17) is 16.3 Å². The van der Waals surface area contributed by atoms with Gasteiger partial charge in [-0.2, -0.15) is 0 Å². The molecule has 1 aromatic heterocycles. The van der Waals surface area contributed by atoms with Crippen molar-refractivity contribution in [1.29, 1.82) is 0 Å². The van der Waals surface area contributed by atoms with Crippen molar-refractivity contribution in [1.82, 2.24) is 9.97 Å². The summed E-state index contributed by atoms with van der Waals surface area (Å²) < 4.78 is 5.65. The number of halogens is 1. The third-order valence-corrected chi connectivity index (χ3v) is 2.70. The summed E-state index contributed by atoms with van der Waals surface area (Å²) in [5, 5.41) is 0.465. The number of rotatable bonds is 3. The maximum absolute atomic E-state index is 6.06. The second-order valence-corrected chi connectivity index (χ2v) is 5.98. The normalized spacial score (nSPS) is 12.9. The largest absolute Gasteiger partial charge is 0.368 e. The summed E-state index contributed by atoms with van der Waals surface area (Å²) in [6.07, 6.45) is 0. The molecule has 96 valence electrons. The molecular formula is C13H21ClN2O. The van der Waals surface area contributed by atoms with Crippen LogP contribution in [0.2, 0.25) is 5.15 Å². The lowest BCUT2D eigenvalue weighted by Gasteiger charge is -2.25. The third kappa shape index (κ3) is 3.65. The van der Waals surface area contributed by atoms with Crippen LogP contribution in [0.25, 0.3) is 0 Å². The van der Waals surface area contributed by atoms with Crippen LogP contribution in [-0.4, -0.2) is 16.6 Å². The van der Waals surface area contributed by atoms with Crippen LogP contribution in [0.15, 0.2) is 6.07 Å². The van der Waals surface area contributed by atoms with Crippen molar-refractivity contribution in [3.05, 3.63) is 22.7 Å². The van der Waals surface area contributed by atoms with Crippen molar-refractivity contribution in [3.63, 3.8) is 0 Å². The van der Waals surface area contributed by atoms with E-state index in [1.165, 1.54) is 0 Å². The molecule has 0 radical (unpaired) electrons. The van der Waals surface area contributed by atoms with Crippen molar-refractivity contribution in [2.75, 3.05) is 6.61 Å². The van der Waals surface area contributed by atoms with Gasteiger partial charge >= 0.3 is 0 Å². The van der Waals surface area contributed by atoms with E-state index in [0.717, 1.165) is 5.69 Å². The van der Waals surface area contributed by atoms with Gasteiger partial charge in [-0.25, -0.2) is 9.97 Å². The Morgan fingerprint density at radius 2 is 1.76 bits per heavy atom. The highest BCUT2D eigenvalue weighted by Gasteiger charge is 2.27. The Balaban J connectivity index is 3.23. The molecule has 17 heavy (non-hydrogen) atoms. The maximum atomic E-state index is 6.06. The monoisotopic (exact) mass is 256 g/mol. The zero-order valence-electron chi connectivity index (χ0n) is 11.5. The molecule has 0 aliphatic rings. The van der Waals surface area contributed by atoms with Crippen LogP contribution in [0.5, 0.6) is 0 Å². The Morgan fingerprint density at radius 1 is 1.18 bits per heavy atom. The number of hydrogen-bond donors (Lipinski definition) is 0. The van der Waals surface area contributed by atoms with Crippen molar-refractivity contribution < 1.29 is 4.74 Å². The Kier molecular flexibility index (Phi) is 4.15. The molecule has 4 heteroatoms. The zero-order chi connectivity index (χ0) is 13.3. The van der Waals surface area contributed by atoms with Crippen LogP contribution in [-0.2, 0) is 15.8 Å². The highest BCUT2D eigenvalue weighted by molar-refractivity contribution is 6.29. The second kappa shape index (κ2) is 4.91. The van der Waals surface area contributed by atoms with E-state index in [0.29, 0.717) is 17.6 Å². The average molecular weight is 257 g/mol. The van der Waals surface area contributed by atoms with Gasteiger partial charge in [0, 0.05) is 12.0 Å². The standard InChI is InChI=1S/C13H21ClN2O/c1-7-17-13(5,6)11-15-9(12(2,3)4)8-10(14)16-11/h8H,7H2,1-6H3. The molecule has 0 spiro atoms. The Hall–Kier alpha value is -0.670. The van der Waals surface area contributed by atoms with Crippen LogP contribution in [0.3, 0.4) is 0 Å². The molecule has 0 bridgehead atoms. The maximum Gasteiger partial charge on any atom is 0.161 e. The first-order valence-corrected chi connectivity index (χ1v) is 6.24. The Morgan fingerprint density at radius 3 is 2.24 bits per heavy atom. The molecule has 1 aromatic rings. The van der Waals surface area contributed by atoms with Crippen molar-refractivity contribution in [2.45, 2.75) is 52.6 Å². The topological polar surface area (TPSA) is 35.0 Å². The lowest BCUT2D eigenvalue weighted by atomic mass is 9.92. The smallest absolute Gasteiger partial charge is 0.161 e. The third-order valence-electron chi connectivity index (χ3n) is 2.51. The molecule has 0 aliphatic heterocycles. The summed E-state index contributed by atoms with van der Waals surface area (Å²) in [6.45, 7) is 12.8. The highest BCUT2D eigenvalue weighted by Crippen LogP contribution is 2.27. The summed E-state index contributed by atoms with van der Waals surface area (Å²) in [4.78, 5) is 8.84. The van der Waals surface area contributed by atoms with Crippen LogP contribution in [0.4, 0.5) is 0 Å². The fourth-order valence-electron chi connectivity index (χ4n) is 1.50. The van der Waals surface area contributed by atoms with Gasteiger partial charge in [-0.15, -0.1) is 0 Å². The molecule has 3 nitrogen and oxygen atoms in total. The van der Waals surface area contributed by atoms with Gasteiger partial charge in [-0.1, -0.05) is 32.4 Å². The molecular weight excluding hydrogens is 236 g/mol. The van der Waals surface area contributed by atoms with Crippen molar-refractivity contribution in [2.24, 2.45) is 0 Å². The molecule has 0 saturated carbocycles. The first-order valence-electron chi connectivity index (χ1n) is 5.86. The van der Waals surface area contributed by atoms with Crippen molar-refractivity contribution >= 4 is 11.6 Å². The molecule has 0 atom stereocenters. The molecule has 0 aromatic carbocycles. The van der Waals surface area contributed by atoms with E-state index in [-0.39, 0.29) is 5.41 Å². The van der Waals surface area contributed by atoms with Gasteiger partial charge in [0.2, 0.25) is 0 Å². The average Bonchev–Trinajstić information content (AvgIpc) is 2.15. The van der Waals surface area contributed by atoms with E-state index in [1.807, 2.05) is 26.8 Å². The summed E-state index contributed by atoms with van der Waals surface area (Å²) in [6, 6.07) is 1.81. The summed E-state index contributed by atoms with van der Waals surface area (Å²) >= 11 is 6.06. The van der Waals surface area contributed by atoms with Gasteiger partial charge in [-0.05, 0) is 26.8 Å². The zero-order valence-corrected chi connectivity index (χ0v) is 12.2. The Labute approximate surface area is 109 Å². The minimum Gasteiger partial charge on any atom is -0.368 e. The predicted molar refractivity (Wildman–Crippen MR) is 70.4 cm³/mol. The van der Waals surface area contributed by atoms with E-state index in [1.54, 1.807) is 0 Å². The van der Waals surface area contributed by atoms with Crippen LogP contribution >= 0.6 is 11.6 Å². The number of nitrogens with zero attached hydrogens (tertiary/aromatic N) is 2. The second-order valence-electron chi connectivity index (χ2n) is 5.59. The summed E-state index contributed by atoms with van der Waals surface area (Å²) in [5.74, 6) is 0.636. The summed E-state index contributed by atoms with van der Waals surface area (Å²) in [7, 11) is 0. The van der Waals surface area contributed by atoms with Crippen molar-refractivity contribution in [3.8, 4) is 0 Å². The first kappa shape index (κ1) is 14.4. The first-order chi connectivity index (χ1) is 7.66. The Bertz CT molecular complexity index is 397. The molecule has 0 N–H and O–H groups in total. The minimum absolute atomic E-state index is 0.0520. The van der Waals surface area contributed by atoms with Crippen LogP contribution in [0.1, 0.15) is 53.1 Å². The predicted octanol–water partition coefficient (Wildman–Crippen LogP) is 3.70. The SMILES string of the molecule is CCOC(C)(C)c1nc(Cl)cc(C(C)(C)C)n1. The van der Waals surface area contributed by atoms with Crippen LogP contribution < -0.4 is 0 Å². The van der Waals surface area contributed by atoms with E-state index < -0.39 is 5.60 Å². The molecule has 0 fully saturated rings. The lowest BCUT2D eigenvalue weighted by Crippen LogP contribution is -2.27. The van der Waals surface area contributed by atoms with E-state index >= 15 is 0 Å². The molecule has 0 amide bonds. The van der Waals surface area contributed by atoms with E-state index in [2.05, 4.69) is 30.7 Å². The number of hydrogen-bond acceptors (Lipinski definition) is 3.